The molecular formula is C13H24O. The number of hydrogen-bond acceptors (Lipinski definition) is 1. The molecule has 0 radical (unpaired) electrons. The molecule has 0 aromatic rings. The lowest BCUT2D eigenvalue weighted by Gasteiger charge is -2.31. The van der Waals surface area contributed by atoms with Crippen LogP contribution in [0.15, 0.2) is 0 Å². The highest BCUT2D eigenvalue weighted by Gasteiger charge is 2.31. The molecule has 0 spiro atoms. The van der Waals surface area contributed by atoms with Crippen LogP contribution >= 0.6 is 0 Å². The van der Waals surface area contributed by atoms with Gasteiger partial charge in [0.2, 0.25) is 0 Å². The van der Waals surface area contributed by atoms with Crippen molar-refractivity contribution in [3.8, 4) is 0 Å². The van der Waals surface area contributed by atoms with Gasteiger partial charge in [-0.25, -0.2) is 0 Å². The van der Waals surface area contributed by atoms with Crippen molar-refractivity contribution in [3.05, 3.63) is 0 Å². The van der Waals surface area contributed by atoms with E-state index in [-0.39, 0.29) is 0 Å². The number of rotatable bonds is 5. The van der Waals surface area contributed by atoms with Crippen LogP contribution in [0.5, 0.6) is 0 Å². The van der Waals surface area contributed by atoms with Crippen molar-refractivity contribution in [1.82, 2.24) is 0 Å². The predicted molar refractivity (Wildman–Crippen MR) is 59.3 cm³/mol. The van der Waals surface area contributed by atoms with Crippen molar-refractivity contribution in [2.24, 2.45) is 11.8 Å². The minimum atomic E-state index is 0.655. The molecule has 1 aliphatic carbocycles. The van der Waals surface area contributed by atoms with Gasteiger partial charge in [-0.05, 0) is 18.3 Å². The highest BCUT2D eigenvalue weighted by Crippen LogP contribution is 2.38. The first-order valence-corrected chi connectivity index (χ1v) is 6.51. The first-order valence-electron chi connectivity index (χ1n) is 6.51. The van der Waals surface area contributed by atoms with Crippen LogP contribution in [0.4, 0.5) is 0 Å². The fraction of sp³-hybridized carbons (Fsp3) is 1.00. The van der Waals surface area contributed by atoms with Crippen LogP contribution in [-0.4, -0.2) is 12.7 Å². The summed E-state index contributed by atoms with van der Waals surface area (Å²) >= 11 is 0. The molecule has 82 valence electrons. The SMILES string of the molecule is CCCCC1CCCCC1CC1CO1. The normalized spacial score (nSPS) is 37.1. The van der Waals surface area contributed by atoms with Gasteiger partial charge in [-0.1, -0.05) is 51.9 Å². The molecule has 1 aliphatic heterocycles. The largest absolute Gasteiger partial charge is 0.373 e. The Balaban J connectivity index is 1.76. The monoisotopic (exact) mass is 196 g/mol. The minimum Gasteiger partial charge on any atom is -0.373 e. The van der Waals surface area contributed by atoms with Crippen molar-refractivity contribution in [2.45, 2.75) is 64.4 Å². The number of epoxide rings is 1. The van der Waals surface area contributed by atoms with Crippen LogP contribution in [0, 0.1) is 11.8 Å². The van der Waals surface area contributed by atoms with Gasteiger partial charge in [-0.3, -0.25) is 0 Å². The molecule has 3 unspecified atom stereocenters. The van der Waals surface area contributed by atoms with E-state index >= 15 is 0 Å². The van der Waals surface area contributed by atoms with Gasteiger partial charge in [0.15, 0.2) is 0 Å². The highest BCUT2D eigenvalue weighted by atomic mass is 16.6. The van der Waals surface area contributed by atoms with Gasteiger partial charge in [0, 0.05) is 0 Å². The zero-order chi connectivity index (χ0) is 9.80. The van der Waals surface area contributed by atoms with Gasteiger partial charge in [0.25, 0.3) is 0 Å². The van der Waals surface area contributed by atoms with Crippen molar-refractivity contribution in [1.29, 1.82) is 0 Å². The molecule has 2 fully saturated rings. The summed E-state index contributed by atoms with van der Waals surface area (Å²) in [5, 5.41) is 0. The van der Waals surface area contributed by atoms with Gasteiger partial charge in [-0.15, -0.1) is 0 Å². The van der Waals surface area contributed by atoms with Gasteiger partial charge < -0.3 is 4.74 Å². The number of hydrogen-bond donors (Lipinski definition) is 0. The second-order valence-corrected chi connectivity index (χ2v) is 5.14. The third-order valence-corrected chi connectivity index (χ3v) is 3.96. The predicted octanol–water partition coefficient (Wildman–Crippen LogP) is 3.77. The molecule has 0 aromatic heterocycles. The quantitative estimate of drug-likeness (QED) is 0.610. The summed E-state index contributed by atoms with van der Waals surface area (Å²) in [7, 11) is 0. The van der Waals surface area contributed by atoms with Crippen molar-refractivity contribution in [3.63, 3.8) is 0 Å². The average molecular weight is 196 g/mol. The van der Waals surface area contributed by atoms with E-state index in [1.165, 1.54) is 51.4 Å². The molecule has 0 amide bonds. The number of ether oxygens (including phenoxy) is 1. The molecular weight excluding hydrogens is 172 g/mol. The van der Waals surface area contributed by atoms with Crippen LogP contribution in [0.25, 0.3) is 0 Å². The van der Waals surface area contributed by atoms with E-state index in [9.17, 15) is 0 Å². The molecule has 1 nitrogen and oxygen atoms in total. The molecule has 3 atom stereocenters. The van der Waals surface area contributed by atoms with E-state index in [1.54, 1.807) is 0 Å². The van der Waals surface area contributed by atoms with Crippen LogP contribution in [0.2, 0.25) is 0 Å². The first-order chi connectivity index (χ1) is 6.90. The summed E-state index contributed by atoms with van der Waals surface area (Å²) in [5.41, 5.74) is 0. The van der Waals surface area contributed by atoms with E-state index < -0.39 is 0 Å². The van der Waals surface area contributed by atoms with E-state index in [0.29, 0.717) is 6.10 Å². The maximum atomic E-state index is 5.36. The second kappa shape index (κ2) is 5.16. The average Bonchev–Trinajstić information content (AvgIpc) is 3.01. The Bertz CT molecular complexity index is 163. The standard InChI is InChI=1S/C13H24O/c1-2-3-6-11-7-4-5-8-12(11)9-13-10-14-13/h11-13H,2-10H2,1H3. The lowest BCUT2D eigenvalue weighted by Crippen LogP contribution is -2.21. The minimum absolute atomic E-state index is 0.655. The number of unbranched alkanes of at least 4 members (excludes halogenated alkanes) is 1. The molecule has 0 bridgehead atoms. The first kappa shape index (κ1) is 10.5. The molecule has 0 aromatic carbocycles. The van der Waals surface area contributed by atoms with Crippen LogP contribution in [0.3, 0.4) is 0 Å². The van der Waals surface area contributed by atoms with Crippen LogP contribution in [0.1, 0.15) is 58.3 Å². The molecule has 14 heavy (non-hydrogen) atoms. The summed E-state index contributed by atoms with van der Waals surface area (Å²) in [6.45, 7) is 3.36. The van der Waals surface area contributed by atoms with E-state index in [4.69, 9.17) is 4.74 Å². The fourth-order valence-electron chi connectivity index (χ4n) is 2.98. The lowest BCUT2D eigenvalue weighted by atomic mass is 9.75. The molecule has 0 N–H and O–H groups in total. The molecule has 1 saturated carbocycles. The molecule has 1 heterocycles. The maximum Gasteiger partial charge on any atom is 0.0812 e. The summed E-state index contributed by atoms with van der Waals surface area (Å²) in [6.07, 6.45) is 12.2. The zero-order valence-electron chi connectivity index (χ0n) is 9.50. The zero-order valence-corrected chi connectivity index (χ0v) is 9.50. The fourth-order valence-corrected chi connectivity index (χ4v) is 2.98. The molecule has 1 heteroatoms. The Labute approximate surface area is 88.2 Å². The van der Waals surface area contributed by atoms with Gasteiger partial charge in [0.05, 0.1) is 12.7 Å². The Morgan fingerprint density at radius 2 is 1.86 bits per heavy atom. The summed E-state index contributed by atoms with van der Waals surface area (Å²) in [5.74, 6) is 2.04. The molecule has 2 rings (SSSR count). The Hall–Kier alpha value is -0.0400. The van der Waals surface area contributed by atoms with Crippen molar-refractivity contribution < 1.29 is 4.74 Å². The van der Waals surface area contributed by atoms with E-state index in [2.05, 4.69) is 6.92 Å². The molecule has 2 aliphatic rings. The van der Waals surface area contributed by atoms with Crippen molar-refractivity contribution in [2.75, 3.05) is 6.61 Å². The summed E-state index contributed by atoms with van der Waals surface area (Å²) in [6, 6.07) is 0. The van der Waals surface area contributed by atoms with Gasteiger partial charge in [0.1, 0.15) is 0 Å². The van der Waals surface area contributed by atoms with Crippen molar-refractivity contribution >= 4 is 0 Å². The van der Waals surface area contributed by atoms with E-state index in [0.717, 1.165) is 18.4 Å². The maximum absolute atomic E-state index is 5.36. The third-order valence-electron chi connectivity index (χ3n) is 3.96. The Kier molecular flexibility index (Phi) is 3.86. The highest BCUT2D eigenvalue weighted by molar-refractivity contribution is 4.81. The smallest absolute Gasteiger partial charge is 0.0812 e. The Morgan fingerprint density at radius 1 is 1.14 bits per heavy atom. The van der Waals surface area contributed by atoms with E-state index in [1.807, 2.05) is 0 Å². The van der Waals surface area contributed by atoms with Crippen LogP contribution < -0.4 is 0 Å². The lowest BCUT2D eigenvalue weighted by molar-refractivity contribution is 0.192. The van der Waals surface area contributed by atoms with Gasteiger partial charge >= 0.3 is 0 Å². The third kappa shape index (κ3) is 2.98. The summed E-state index contributed by atoms with van der Waals surface area (Å²) in [4.78, 5) is 0. The van der Waals surface area contributed by atoms with Crippen LogP contribution in [-0.2, 0) is 4.74 Å². The topological polar surface area (TPSA) is 12.5 Å². The summed E-state index contributed by atoms with van der Waals surface area (Å²) < 4.78 is 5.36. The Morgan fingerprint density at radius 3 is 2.50 bits per heavy atom. The van der Waals surface area contributed by atoms with Gasteiger partial charge in [-0.2, -0.15) is 0 Å². The molecule has 1 saturated heterocycles. The second-order valence-electron chi connectivity index (χ2n) is 5.14.